The van der Waals surface area contributed by atoms with Gasteiger partial charge in [-0.25, -0.2) is 0 Å². The van der Waals surface area contributed by atoms with Crippen LogP contribution in [0.3, 0.4) is 0 Å². The predicted molar refractivity (Wildman–Crippen MR) is 69.6 cm³/mol. The van der Waals surface area contributed by atoms with Crippen LogP contribution in [-0.4, -0.2) is 47.8 Å². The van der Waals surface area contributed by atoms with Crippen molar-refractivity contribution in [1.29, 1.82) is 0 Å². The minimum Gasteiger partial charge on any atom is -0.481 e. The lowest BCUT2D eigenvalue weighted by molar-refractivity contribution is -0.147. The summed E-state index contributed by atoms with van der Waals surface area (Å²) >= 11 is 0. The zero-order valence-electron chi connectivity index (χ0n) is 11.5. The highest BCUT2D eigenvalue weighted by Gasteiger charge is 2.33. The summed E-state index contributed by atoms with van der Waals surface area (Å²) in [6.45, 7) is 6.85. The van der Waals surface area contributed by atoms with E-state index >= 15 is 0 Å². The molecule has 0 aliphatic carbocycles. The number of carboxylic acid groups (broad SMARTS) is 1. The third-order valence-corrected chi connectivity index (χ3v) is 4.22. The molecule has 4 nitrogen and oxygen atoms in total. The fraction of sp³-hybridized carbons (Fsp3) is 0.929. The summed E-state index contributed by atoms with van der Waals surface area (Å²) in [6, 6.07) is 0. The Morgan fingerprint density at radius 3 is 2.44 bits per heavy atom. The van der Waals surface area contributed by atoms with E-state index < -0.39 is 11.4 Å². The summed E-state index contributed by atoms with van der Waals surface area (Å²) in [5, 5.41) is 9.04. The molecule has 1 N–H and O–H groups in total. The Hall–Kier alpha value is -0.610. The number of carboxylic acids is 1. The van der Waals surface area contributed by atoms with Crippen molar-refractivity contribution in [2.75, 3.05) is 19.6 Å². The van der Waals surface area contributed by atoms with Crippen molar-refractivity contribution in [3.05, 3.63) is 0 Å². The quantitative estimate of drug-likeness (QED) is 0.739. The molecule has 0 aromatic heterocycles. The van der Waals surface area contributed by atoms with E-state index in [1.54, 1.807) is 0 Å². The van der Waals surface area contributed by atoms with Gasteiger partial charge in [-0.15, -0.1) is 0 Å². The number of fused-ring (bicyclic) bond motifs is 2. The molecule has 0 radical (unpaired) electrons. The van der Waals surface area contributed by atoms with Gasteiger partial charge >= 0.3 is 5.97 Å². The van der Waals surface area contributed by atoms with Gasteiger partial charge in [-0.3, -0.25) is 9.69 Å². The van der Waals surface area contributed by atoms with E-state index in [9.17, 15) is 4.79 Å². The molecule has 0 spiro atoms. The second-order valence-corrected chi connectivity index (χ2v) is 6.36. The van der Waals surface area contributed by atoms with E-state index in [0.717, 1.165) is 38.9 Å². The summed E-state index contributed by atoms with van der Waals surface area (Å²) < 4.78 is 5.80. The third-order valence-electron chi connectivity index (χ3n) is 4.22. The van der Waals surface area contributed by atoms with E-state index in [2.05, 4.69) is 4.90 Å². The second kappa shape index (κ2) is 5.57. The van der Waals surface area contributed by atoms with Gasteiger partial charge in [0.1, 0.15) is 0 Å². The SMILES string of the molecule is CC(C)(CCCCN1CC2CCC(C1)O2)C(=O)O. The first-order valence-corrected chi connectivity index (χ1v) is 7.08. The summed E-state index contributed by atoms with van der Waals surface area (Å²) in [6.07, 6.45) is 6.20. The summed E-state index contributed by atoms with van der Waals surface area (Å²) in [5.74, 6) is -0.688. The van der Waals surface area contributed by atoms with E-state index in [1.165, 1.54) is 12.8 Å². The van der Waals surface area contributed by atoms with Crippen LogP contribution in [0.2, 0.25) is 0 Å². The van der Waals surface area contributed by atoms with Crippen LogP contribution in [0.4, 0.5) is 0 Å². The molecule has 104 valence electrons. The largest absolute Gasteiger partial charge is 0.481 e. The number of ether oxygens (including phenoxy) is 1. The zero-order valence-corrected chi connectivity index (χ0v) is 11.5. The lowest BCUT2D eigenvalue weighted by Gasteiger charge is -2.32. The summed E-state index contributed by atoms with van der Waals surface area (Å²) in [4.78, 5) is 13.5. The highest BCUT2D eigenvalue weighted by atomic mass is 16.5. The number of morpholine rings is 1. The summed E-state index contributed by atoms with van der Waals surface area (Å²) in [7, 11) is 0. The van der Waals surface area contributed by atoms with Crippen molar-refractivity contribution in [1.82, 2.24) is 4.90 Å². The van der Waals surface area contributed by atoms with Crippen molar-refractivity contribution in [2.45, 2.75) is 58.2 Å². The molecule has 2 bridgehead atoms. The molecule has 2 saturated heterocycles. The average molecular weight is 255 g/mol. The molecular formula is C14H25NO3. The minimum absolute atomic E-state index is 0.458. The minimum atomic E-state index is -0.688. The van der Waals surface area contributed by atoms with Crippen molar-refractivity contribution >= 4 is 5.97 Å². The molecule has 2 fully saturated rings. The topological polar surface area (TPSA) is 49.8 Å². The molecule has 18 heavy (non-hydrogen) atoms. The number of carbonyl (C=O) groups is 1. The van der Waals surface area contributed by atoms with Crippen molar-refractivity contribution in [3.8, 4) is 0 Å². The first kappa shape index (κ1) is 13.8. The molecule has 4 heteroatoms. The van der Waals surface area contributed by atoms with Crippen LogP contribution in [0.25, 0.3) is 0 Å². The van der Waals surface area contributed by atoms with E-state index in [4.69, 9.17) is 9.84 Å². The van der Waals surface area contributed by atoms with Crippen molar-refractivity contribution in [2.24, 2.45) is 5.41 Å². The van der Waals surface area contributed by atoms with Crippen LogP contribution >= 0.6 is 0 Å². The van der Waals surface area contributed by atoms with Gasteiger partial charge in [-0.2, -0.15) is 0 Å². The smallest absolute Gasteiger partial charge is 0.309 e. The highest BCUT2D eigenvalue weighted by Crippen LogP contribution is 2.27. The van der Waals surface area contributed by atoms with Gasteiger partial charge in [-0.05, 0) is 46.1 Å². The maximum absolute atomic E-state index is 11.0. The summed E-state index contributed by atoms with van der Waals surface area (Å²) in [5.41, 5.74) is -0.579. The van der Waals surface area contributed by atoms with Crippen molar-refractivity contribution in [3.63, 3.8) is 0 Å². The van der Waals surface area contributed by atoms with Crippen molar-refractivity contribution < 1.29 is 14.6 Å². The van der Waals surface area contributed by atoms with Gasteiger partial charge in [-0.1, -0.05) is 6.42 Å². The molecule has 0 aromatic rings. The predicted octanol–water partition coefficient (Wildman–Crippen LogP) is 2.13. The number of nitrogens with zero attached hydrogens (tertiary/aromatic N) is 1. The lowest BCUT2D eigenvalue weighted by Crippen LogP contribution is -2.42. The van der Waals surface area contributed by atoms with Gasteiger partial charge in [0.05, 0.1) is 17.6 Å². The molecule has 0 aromatic carbocycles. The Morgan fingerprint density at radius 1 is 1.28 bits per heavy atom. The number of hydrogen-bond donors (Lipinski definition) is 1. The molecule has 2 aliphatic rings. The number of aliphatic carboxylic acids is 1. The molecular weight excluding hydrogens is 230 g/mol. The first-order chi connectivity index (χ1) is 8.47. The van der Waals surface area contributed by atoms with E-state index in [0.29, 0.717) is 12.2 Å². The number of hydrogen-bond acceptors (Lipinski definition) is 3. The Morgan fingerprint density at radius 2 is 1.89 bits per heavy atom. The van der Waals surface area contributed by atoms with Crippen LogP contribution < -0.4 is 0 Å². The van der Waals surface area contributed by atoms with Crippen LogP contribution in [0.15, 0.2) is 0 Å². The van der Waals surface area contributed by atoms with Gasteiger partial charge < -0.3 is 9.84 Å². The fourth-order valence-electron chi connectivity index (χ4n) is 2.89. The fourth-order valence-corrected chi connectivity index (χ4v) is 2.89. The molecule has 2 heterocycles. The maximum Gasteiger partial charge on any atom is 0.309 e. The standard InChI is InChI=1S/C14H25NO3/c1-14(2,13(16)17)7-3-4-8-15-9-11-5-6-12(10-15)18-11/h11-12H,3-10H2,1-2H3,(H,16,17). The Balaban J connectivity index is 1.63. The molecule has 2 rings (SSSR count). The molecule has 0 saturated carbocycles. The monoisotopic (exact) mass is 255 g/mol. The first-order valence-electron chi connectivity index (χ1n) is 7.08. The maximum atomic E-state index is 11.0. The van der Waals surface area contributed by atoms with E-state index in [-0.39, 0.29) is 0 Å². The van der Waals surface area contributed by atoms with E-state index in [1.807, 2.05) is 13.8 Å². The van der Waals surface area contributed by atoms with Crippen LogP contribution in [0.1, 0.15) is 46.0 Å². The number of rotatable bonds is 6. The van der Waals surface area contributed by atoms with Gasteiger partial charge in [0.2, 0.25) is 0 Å². The van der Waals surface area contributed by atoms with Crippen LogP contribution in [-0.2, 0) is 9.53 Å². The number of unbranched alkanes of at least 4 members (excludes halogenated alkanes) is 1. The molecule has 2 atom stereocenters. The Labute approximate surface area is 109 Å². The lowest BCUT2D eigenvalue weighted by atomic mass is 9.87. The molecule has 0 amide bonds. The normalized spacial score (nSPS) is 28.6. The molecule has 2 aliphatic heterocycles. The Kier molecular flexibility index (Phi) is 4.28. The molecule has 2 unspecified atom stereocenters. The van der Waals surface area contributed by atoms with Gasteiger partial charge in [0.25, 0.3) is 0 Å². The third kappa shape index (κ3) is 3.45. The van der Waals surface area contributed by atoms with Gasteiger partial charge in [0, 0.05) is 13.1 Å². The average Bonchev–Trinajstić information content (AvgIpc) is 2.64. The zero-order chi connectivity index (χ0) is 13.2. The highest BCUT2D eigenvalue weighted by molar-refractivity contribution is 5.73. The second-order valence-electron chi connectivity index (χ2n) is 6.36. The van der Waals surface area contributed by atoms with Gasteiger partial charge in [0.15, 0.2) is 0 Å². The Bertz CT molecular complexity index is 291. The van der Waals surface area contributed by atoms with Crippen LogP contribution in [0.5, 0.6) is 0 Å². The van der Waals surface area contributed by atoms with Crippen LogP contribution in [0, 0.1) is 5.41 Å². The number of likely N-dealkylation sites (tertiary alicyclic amines) is 1.